The lowest BCUT2D eigenvalue weighted by molar-refractivity contribution is -0.113. The van der Waals surface area contributed by atoms with E-state index >= 15 is 0 Å². The first-order valence-electron chi connectivity index (χ1n) is 8.65. The van der Waals surface area contributed by atoms with Crippen molar-refractivity contribution >= 4 is 23.5 Å². The van der Waals surface area contributed by atoms with Gasteiger partial charge >= 0.3 is 0 Å². The molecule has 3 aromatic carbocycles. The molecule has 0 spiro atoms. The SMILES string of the molecule is Cc1ccc(N2C(=O)/C(=C/c3ccccc3F)N=C2c2ccccc2)cc1. The van der Waals surface area contributed by atoms with E-state index in [-0.39, 0.29) is 17.4 Å². The number of aliphatic imine (C=N–C) groups is 1. The van der Waals surface area contributed by atoms with Gasteiger partial charge < -0.3 is 0 Å². The Labute approximate surface area is 157 Å². The minimum Gasteiger partial charge on any atom is -0.266 e. The zero-order chi connectivity index (χ0) is 18.8. The number of benzene rings is 3. The molecule has 3 nitrogen and oxygen atoms in total. The van der Waals surface area contributed by atoms with E-state index in [0.29, 0.717) is 11.4 Å². The van der Waals surface area contributed by atoms with Gasteiger partial charge in [-0.3, -0.25) is 9.69 Å². The molecule has 0 aliphatic carbocycles. The number of hydrogen-bond donors (Lipinski definition) is 0. The molecule has 0 N–H and O–H groups in total. The second kappa shape index (κ2) is 7.00. The van der Waals surface area contributed by atoms with Gasteiger partial charge in [-0.15, -0.1) is 0 Å². The van der Waals surface area contributed by atoms with Crippen LogP contribution in [-0.2, 0) is 4.79 Å². The number of anilines is 1. The molecule has 0 saturated carbocycles. The van der Waals surface area contributed by atoms with Crippen LogP contribution >= 0.6 is 0 Å². The first-order chi connectivity index (χ1) is 13.1. The van der Waals surface area contributed by atoms with E-state index in [9.17, 15) is 9.18 Å². The predicted octanol–water partition coefficient (Wildman–Crippen LogP) is 4.97. The van der Waals surface area contributed by atoms with Crippen LogP contribution in [0.25, 0.3) is 6.08 Å². The Balaban J connectivity index is 1.84. The molecular formula is C23H17FN2O. The molecule has 0 unspecified atom stereocenters. The van der Waals surface area contributed by atoms with Gasteiger partial charge in [-0.25, -0.2) is 9.38 Å². The highest BCUT2D eigenvalue weighted by molar-refractivity contribution is 6.33. The van der Waals surface area contributed by atoms with Crippen LogP contribution in [0.5, 0.6) is 0 Å². The fourth-order valence-corrected chi connectivity index (χ4v) is 2.97. The van der Waals surface area contributed by atoms with Crippen molar-refractivity contribution in [2.75, 3.05) is 4.90 Å². The summed E-state index contributed by atoms with van der Waals surface area (Å²) in [6.45, 7) is 1.99. The normalized spacial score (nSPS) is 15.3. The Morgan fingerprint density at radius 1 is 0.889 bits per heavy atom. The van der Waals surface area contributed by atoms with E-state index in [1.54, 1.807) is 23.1 Å². The van der Waals surface area contributed by atoms with Crippen molar-refractivity contribution in [3.63, 3.8) is 0 Å². The maximum absolute atomic E-state index is 14.0. The van der Waals surface area contributed by atoms with Gasteiger partial charge in [-0.2, -0.15) is 0 Å². The third-order valence-electron chi connectivity index (χ3n) is 4.38. The standard InChI is InChI=1S/C23H17FN2O/c1-16-11-13-19(14-12-16)26-22(17-7-3-2-4-8-17)25-21(23(26)27)15-18-9-5-6-10-20(18)24/h2-15H,1H3/b21-15-. The molecule has 0 radical (unpaired) electrons. The van der Waals surface area contributed by atoms with Crippen molar-refractivity contribution in [3.05, 3.63) is 107 Å². The molecule has 1 amide bonds. The highest BCUT2D eigenvalue weighted by atomic mass is 19.1. The molecular weight excluding hydrogens is 339 g/mol. The van der Waals surface area contributed by atoms with Crippen LogP contribution in [0.1, 0.15) is 16.7 Å². The molecule has 0 atom stereocenters. The summed E-state index contributed by atoms with van der Waals surface area (Å²) in [6, 6.07) is 23.5. The van der Waals surface area contributed by atoms with E-state index in [0.717, 1.165) is 16.8 Å². The van der Waals surface area contributed by atoms with Crippen molar-refractivity contribution in [1.82, 2.24) is 0 Å². The topological polar surface area (TPSA) is 32.7 Å². The van der Waals surface area contributed by atoms with Gasteiger partial charge in [0.1, 0.15) is 17.3 Å². The third kappa shape index (κ3) is 3.29. The molecule has 1 aliphatic rings. The van der Waals surface area contributed by atoms with Crippen LogP contribution in [0.4, 0.5) is 10.1 Å². The summed E-state index contributed by atoms with van der Waals surface area (Å²) < 4.78 is 14.0. The summed E-state index contributed by atoms with van der Waals surface area (Å²) in [5, 5.41) is 0. The predicted molar refractivity (Wildman–Crippen MR) is 106 cm³/mol. The van der Waals surface area contributed by atoms with Crippen LogP contribution in [0, 0.1) is 12.7 Å². The molecule has 1 heterocycles. The van der Waals surface area contributed by atoms with Crippen molar-refractivity contribution < 1.29 is 9.18 Å². The highest BCUT2D eigenvalue weighted by Crippen LogP contribution is 2.28. The monoisotopic (exact) mass is 356 g/mol. The Hall–Kier alpha value is -3.53. The molecule has 27 heavy (non-hydrogen) atoms. The van der Waals surface area contributed by atoms with E-state index < -0.39 is 0 Å². The van der Waals surface area contributed by atoms with Gasteiger partial charge in [0.2, 0.25) is 0 Å². The number of rotatable bonds is 3. The summed E-state index contributed by atoms with van der Waals surface area (Å²) in [6.07, 6.45) is 1.49. The van der Waals surface area contributed by atoms with E-state index in [1.165, 1.54) is 12.1 Å². The lowest BCUT2D eigenvalue weighted by Crippen LogP contribution is -2.32. The summed E-state index contributed by atoms with van der Waals surface area (Å²) >= 11 is 0. The molecule has 4 heteroatoms. The van der Waals surface area contributed by atoms with Crippen LogP contribution in [-0.4, -0.2) is 11.7 Å². The Morgan fingerprint density at radius 3 is 2.26 bits per heavy atom. The maximum atomic E-state index is 14.0. The minimum absolute atomic E-state index is 0.208. The Morgan fingerprint density at radius 2 is 1.56 bits per heavy atom. The van der Waals surface area contributed by atoms with Crippen molar-refractivity contribution in [3.8, 4) is 0 Å². The summed E-state index contributed by atoms with van der Waals surface area (Å²) in [5.74, 6) is -0.129. The van der Waals surface area contributed by atoms with Crippen molar-refractivity contribution in [2.45, 2.75) is 6.92 Å². The van der Waals surface area contributed by atoms with Gasteiger partial charge in [0.25, 0.3) is 5.91 Å². The van der Waals surface area contributed by atoms with Crippen LogP contribution in [0.15, 0.2) is 89.6 Å². The van der Waals surface area contributed by atoms with E-state index in [2.05, 4.69) is 4.99 Å². The van der Waals surface area contributed by atoms with Crippen molar-refractivity contribution in [2.24, 2.45) is 4.99 Å². The second-order valence-corrected chi connectivity index (χ2v) is 6.33. The number of nitrogens with zero attached hydrogens (tertiary/aromatic N) is 2. The molecule has 0 saturated heterocycles. The summed E-state index contributed by atoms with van der Waals surface area (Å²) in [7, 11) is 0. The van der Waals surface area contributed by atoms with Gasteiger partial charge in [0.15, 0.2) is 0 Å². The van der Waals surface area contributed by atoms with Crippen LogP contribution in [0.2, 0.25) is 0 Å². The molecule has 132 valence electrons. The van der Waals surface area contributed by atoms with Gasteiger partial charge in [-0.1, -0.05) is 66.2 Å². The largest absolute Gasteiger partial charge is 0.282 e. The van der Waals surface area contributed by atoms with Gasteiger partial charge in [0.05, 0.1) is 5.69 Å². The smallest absolute Gasteiger partial charge is 0.266 e. The number of hydrogen-bond acceptors (Lipinski definition) is 2. The average molecular weight is 356 g/mol. The Kier molecular flexibility index (Phi) is 4.38. The molecule has 0 fully saturated rings. The first-order valence-corrected chi connectivity index (χ1v) is 8.65. The minimum atomic E-state index is -0.386. The highest BCUT2D eigenvalue weighted by Gasteiger charge is 2.32. The van der Waals surface area contributed by atoms with Crippen LogP contribution < -0.4 is 4.90 Å². The third-order valence-corrected chi connectivity index (χ3v) is 4.38. The van der Waals surface area contributed by atoms with E-state index in [1.807, 2.05) is 61.5 Å². The van der Waals surface area contributed by atoms with Crippen molar-refractivity contribution in [1.29, 1.82) is 0 Å². The maximum Gasteiger partial charge on any atom is 0.282 e. The number of halogens is 1. The van der Waals surface area contributed by atoms with Gasteiger partial charge in [0, 0.05) is 11.1 Å². The fourth-order valence-electron chi connectivity index (χ4n) is 2.97. The lowest BCUT2D eigenvalue weighted by atomic mass is 10.1. The number of amides is 1. The quantitative estimate of drug-likeness (QED) is 0.610. The van der Waals surface area contributed by atoms with Gasteiger partial charge in [-0.05, 0) is 31.2 Å². The zero-order valence-electron chi connectivity index (χ0n) is 14.8. The number of carbonyl (C=O) groups is 1. The zero-order valence-corrected chi connectivity index (χ0v) is 14.8. The molecule has 3 aromatic rings. The molecule has 1 aliphatic heterocycles. The Bertz CT molecular complexity index is 1050. The molecule has 4 rings (SSSR count). The lowest BCUT2D eigenvalue weighted by Gasteiger charge is -2.18. The number of carbonyl (C=O) groups excluding carboxylic acids is 1. The number of aryl methyl sites for hydroxylation is 1. The molecule has 0 bridgehead atoms. The fraction of sp³-hybridized carbons (Fsp3) is 0.0435. The average Bonchev–Trinajstić information content (AvgIpc) is 3.01. The first kappa shape index (κ1) is 16.9. The van der Waals surface area contributed by atoms with Crippen LogP contribution in [0.3, 0.4) is 0 Å². The second-order valence-electron chi connectivity index (χ2n) is 6.33. The summed E-state index contributed by atoms with van der Waals surface area (Å²) in [4.78, 5) is 19.2. The summed E-state index contributed by atoms with van der Waals surface area (Å²) in [5.41, 5.74) is 3.20. The number of amidine groups is 1. The molecule has 0 aromatic heterocycles. The van der Waals surface area contributed by atoms with E-state index in [4.69, 9.17) is 0 Å².